The lowest BCUT2D eigenvalue weighted by atomic mass is 9.75. The number of phenolic OH excluding ortho intramolecular Hbond substituents is 1. The number of nitrogens with zero attached hydrogens (tertiary/aromatic N) is 1. The van der Waals surface area contributed by atoms with Crippen LogP contribution in [0.2, 0.25) is 0 Å². The Morgan fingerprint density at radius 1 is 1.03 bits per heavy atom. The molecule has 0 saturated carbocycles. The smallest absolute Gasteiger partial charge is 0.252 e. The van der Waals surface area contributed by atoms with Crippen molar-refractivity contribution >= 4 is 11.7 Å². The summed E-state index contributed by atoms with van der Waals surface area (Å²) < 4.78 is 2.14. The Balaban J connectivity index is 1.75. The number of carbonyl (C=O) groups excluding carboxylic acids is 2. The molecule has 0 saturated heterocycles. The van der Waals surface area contributed by atoms with Crippen LogP contribution in [-0.2, 0) is 12.8 Å². The number of Topliss-reactive ketones (excluding diaryl/α,β-unsaturated/α-hetero) is 1. The Kier molecular flexibility index (Phi) is 4.33. The number of phenols is 1. The summed E-state index contributed by atoms with van der Waals surface area (Å²) in [4.78, 5) is 25.6. The first kappa shape index (κ1) is 19.6. The lowest BCUT2D eigenvalue weighted by Crippen LogP contribution is -2.32. The molecule has 5 rings (SSSR count). The van der Waals surface area contributed by atoms with Gasteiger partial charge in [0.15, 0.2) is 5.78 Å². The number of nitrogens with one attached hydrogen (secondary N) is 1. The summed E-state index contributed by atoms with van der Waals surface area (Å²) in [6.45, 7) is 6.89. The van der Waals surface area contributed by atoms with Crippen LogP contribution < -0.4 is 5.32 Å². The summed E-state index contributed by atoms with van der Waals surface area (Å²) in [6, 6.07) is 11.1. The minimum Gasteiger partial charge on any atom is -0.508 e. The van der Waals surface area contributed by atoms with Crippen LogP contribution in [0.5, 0.6) is 5.75 Å². The maximum absolute atomic E-state index is 12.9. The van der Waals surface area contributed by atoms with Gasteiger partial charge in [0.1, 0.15) is 5.75 Å². The fraction of sp³-hybridized carbons (Fsp3) is 0.308. The summed E-state index contributed by atoms with van der Waals surface area (Å²) in [5.74, 6) is 0.325. The van der Waals surface area contributed by atoms with Crippen molar-refractivity contribution in [1.29, 1.82) is 0 Å². The van der Waals surface area contributed by atoms with Crippen molar-refractivity contribution in [2.45, 2.75) is 40.0 Å². The van der Waals surface area contributed by atoms with Gasteiger partial charge >= 0.3 is 0 Å². The number of fused-ring (bicyclic) bond motifs is 2. The predicted molar refractivity (Wildman–Crippen MR) is 120 cm³/mol. The van der Waals surface area contributed by atoms with E-state index >= 15 is 0 Å². The number of rotatable bonds is 2. The van der Waals surface area contributed by atoms with Crippen molar-refractivity contribution in [3.05, 3.63) is 70.5 Å². The third-order valence-corrected chi connectivity index (χ3v) is 6.43. The average molecular weight is 415 g/mol. The Labute approximate surface area is 181 Å². The lowest BCUT2D eigenvalue weighted by Gasteiger charge is -2.30. The van der Waals surface area contributed by atoms with Crippen molar-refractivity contribution in [1.82, 2.24) is 9.88 Å². The highest BCUT2D eigenvalue weighted by Gasteiger charge is 2.35. The fourth-order valence-electron chi connectivity index (χ4n) is 5.07. The van der Waals surface area contributed by atoms with Gasteiger partial charge in [-0.15, -0.1) is 0 Å². The van der Waals surface area contributed by atoms with E-state index in [-0.39, 0.29) is 22.9 Å². The van der Waals surface area contributed by atoms with E-state index in [0.717, 1.165) is 52.0 Å². The van der Waals surface area contributed by atoms with Crippen molar-refractivity contribution in [2.24, 2.45) is 5.41 Å². The minimum atomic E-state index is -0.0828. The molecule has 5 heteroatoms. The molecule has 1 amide bonds. The van der Waals surface area contributed by atoms with E-state index in [0.29, 0.717) is 18.5 Å². The molecule has 158 valence electrons. The minimum absolute atomic E-state index is 0.0714. The van der Waals surface area contributed by atoms with Gasteiger partial charge in [-0.3, -0.25) is 9.59 Å². The third kappa shape index (κ3) is 3.25. The highest BCUT2D eigenvalue weighted by atomic mass is 16.3. The summed E-state index contributed by atoms with van der Waals surface area (Å²) in [7, 11) is 0. The maximum atomic E-state index is 12.9. The fourth-order valence-corrected chi connectivity index (χ4v) is 5.07. The van der Waals surface area contributed by atoms with Crippen LogP contribution >= 0.6 is 0 Å². The molecule has 3 aromatic rings. The van der Waals surface area contributed by atoms with Gasteiger partial charge in [0.25, 0.3) is 5.91 Å². The van der Waals surface area contributed by atoms with Crippen LogP contribution in [0.25, 0.3) is 16.8 Å². The predicted octanol–water partition coefficient (Wildman–Crippen LogP) is 4.60. The van der Waals surface area contributed by atoms with Gasteiger partial charge in [0.05, 0.1) is 5.56 Å². The molecular formula is C26H26N2O3. The summed E-state index contributed by atoms with van der Waals surface area (Å²) >= 11 is 0. The van der Waals surface area contributed by atoms with Crippen LogP contribution in [-0.4, -0.2) is 27.9 Å². The van der Waals surface area contributed by atoms with E-state index in [1.54, 1.807) is 12.1 Å². The quantitative estimate of drug-likeness (QED) is 0.644. The number of amides is 1. The molecular weight excluding hydrogens is 388 g/mol. The van der Waals surface area contributed by atoms with Crippen molar-refractivity contribution in [3.8, 4) is 22.6 Å². The number of benzene rings is 2. The number of aryl methyl sites for hydroxylation is 1. The summed E-state index contributed by atoms with van der Waals surface area (Å²) in [5.41, 5.74) is 7.19. The van der Waals surface area contributed by atoms with Gasteiger partial charge in [-0.1, -0.05) is 26.0 Å². The number of hydrogen-bond donors (Lipinski definition) is 2. The molecule has 1 aliphatic heterocycles. The van der Waals surface area contributed by atoms with Gasteiger partial charge in [0.2, 0.25) is 0 Å². The van der Waals surface area contributed by atoms with E-state index in [9.17, 15) is 14.7 Å². The molecule has 0 radical (unpaired) electrons. The van der Waals surface area contributed by atoms with E-state index in [2.05, 4.69) is 36.0 Å². The Hall–Kier alpha value is -3.34. The van der Waals surface area contributed by atoms with Crippen molar-refractivity contribution < 1.29 is 14.7 Å². The zero-order chi connectivity index (χ0) is 21.9. The Morgan fingerprint density at radius 2 is 1.77 bits per heavy atom. The average Bonchev–Trinajstić information content (AvgIpc) is 3.03. The van der Waals surface area contributed by atoms with Crippen LogP contribution in [0.1, 0.15) is 57.8 Å². The molecule has 31 heavy (non-hydrogen) atoms. The van der Waals surface area contributed by atoms with E-state index in [1.165, 1.54) is 0 Å². The van der Waals surface area contributed by atoms with E-state index in [1.807, 2.05) is 25.1 Å². The summed E-state index contributed by atoms with van der Waals surface area (Å²) in [6.07, 6.45) is 4.20. The zero-order valence-electron chi connectivity index (χ0n) is 18.1. The van der Waals surface area contributed by atoms with Crippen molar-refractivity contribution in [2.75, 3.05) is 6.54 Å². The van der Waals surface area contributed by atoms with E-state index < -0.39 is 0 Å². The van der Waals surface area contributed by atoms with Crippen LogP contribution in [0, 0.1) is 12.3 Å². The number of aromatic nitrogens is 1. The molecule has 2 heterocycles. The second-order valence-electron chi connectivity index (χ2n) is 9.52. The molecule has 0 bridgehead atoms. The van der Waals surface area contributed by atoms with Gasteiger partial charge in [-0.25, -0.2) is 0 Å². The summed E-state index contributed by atoms with van der Waals surface area (Å²) in [5, 5.41) is 12.7. The second kappa shape index (κ2) is 6.84. The van der Waals surface area contributed by atoms with Crippen LogP contribution in [0.15, 0.2) is 42.6 Å². The second-order valence-corrected chi connectivity index (χ2v) is 9.52. The highest BCUT2D eigenvalue weighted by molar-refractivity contribution is 6.04. The van der Waals surface area contributed by atoms with Crippen LogP contribution in [0.3, 0.4) is 0 Å². The molecule has 2 N–H and O–H groups in total. The van der Waals surface area contributed by atoms with Gasteiger partial charge < -0.3 is 15.0 Å². The van der Waals surface area contributed by atoms with Crippen LogP contribution in [0.4, 0.5) is 0 Å². The first-order valence-corrected chi connectivity index (χ1v) is 10.7. The largest absolute Gasteiger partial charge is 0.508 e. The Bertz CT molecular complexity index is 1230. The van der Waals surface area contributed by atoms with Gasteiger partial charge in [0, 0.05) is 36.1 Å². The molecule has 2 aromatic carbocycles. The van der Waals surface area contributed by atoms with E-state index in [4.69, 9.17) is 0 Å². The zero-order valence-corrected chi connectivity index (χ0v) is 18.1. The van der Waals surface area contributed by atoms with Crippen molar-refractivity contribution in [3.63, 3.8) is 0 Å². The normalized spacial score (nSPS) is 17.1. The monoisotopic (exact) mass is 414 g/mol. The Morgan fingerprint density at radius 3 is 2.52 bits per heavy atom. The third-order valence-electron chi connectivity index (χ3n) is 6.43. The molecule has 5 nitrogen and oxygen atoms in total. The number of carbonyl (C=O) groups is 2. The first-order valence-electron chi connectivity index (χ1n) is 10.7. The first-order chi connectivity index (χ1) is 14.7. The molecule has 0 atom stereocenters. The maximum Gasteiger partial charge on any atom is 0.252 e. The molecule has 2 aliphatic rings. The molecule has 0 unspecified atom stereocenters. The topological polar surface area (TPSA) is 71.3 Å². The van der Waals surface area contributed by atoms with Gasteiger partial charge in [-0.2, -0.15) is 0 Å². The molecule has 1 aliphatic carbocycles. The number of hydrogen-bond acceptors (Lipinski definition) is 3. The highest BCUT2D eigenvalue weighted by Crippen LogP contribution is 2.39. The SMILES string of the molecule is Cc1cn(-c2cc3c(c(-c4ccc(O)cc4)c2)C(=O)NCC3)c2c1C(=O)CC(C)(C)C2. The molecule has 0 fully saturated rings. The number of aromatic hydroxyl groups is 1. The number of ketones is 1. The lowest BCUT2D eigenvalue weighted by molar-refractivity contribution is 0.0908. The standard InChI is InChI=1S/C26H26N2O3/c1-15-14-28(21-12-26(2,3)13-22(30)23(15)21)18-10-17-8-9-27-25(31)24(17)20(11-18)16-4-6-19(29)7-5-16/h4-7,10-11,14,29H,8-9,12-13H2,1-3H3,(H,27,31). The van der Waals surface area contributed by atoms with Gasteiger partial charge in [-0.05, 0) is 71.7 Å². The molecule has 1 aromatic heterocycles. The molecule has 0 spiro atoms.